The number of benzene rings is 3. The zero-order chi connectivity index (χ0) is 24.7. The highest BCUT2D eigenvalue weighted by molar-refractivity contribution is 9.10. The van der Waals surface area contributed by atoms with Gasteiger partial charge in [0.05, 0.1) is 16.5 Å². The molecule has 1 N–H and O–H groups in total. The number of anilines is 1. The molecule has 0 atom stereocenters. The van der Waals surface area contributed by atoms with Crippen molar-refractivity contribution in [3.8, 4) is 17.6 Å². The van der Waals surface area contributed by atoms with Gasteiger partial charge in [0.2, 0.25) is 0 Å². The fraction of sp³-hybridized carbons (Fsp3) is 0.0833. The molecule has 0 saturated carbocycles. The Hall–Kier alpha value is -3.87. The lowest BCUT2D eigenvalue weighted by Gasteiger charge is -2.14. The van der Waals surface area contributed by atoms with Gasteiger partial charge in [-0.05, 0) is 57.9 Å². The minimum atomic E-state index is -0.662. The SMILES string of the molecule is COc1cc(/C=C(\C#N)C(=O)Nc2ccc([N+](=O)[O-])cc2)cc(Br)c1OCc1ccccc1Cl. The van der Waals surface area contributed by atoms with Gasteiger partial charge in [0.1, 0.15) is 18.2 Å². The average Bonchev–Trinajstić information content (AvgIpc) is 2.82. The number of rotatable bonds is 8. The van der Waals surface area contributed by atoms with E-state index < -0.39 is 10.8 Å². The molecule has 8 nitrogen and oxygen atoms in total. The largest absolute Gasteiger partial charge is 0.493 e. The zero-order valence-corrected chi connectivity index (χ0v) is 20.1. The molecule has 0 aliphatic rings. The smallest absolute Gasteiger partial charge is 0.269 e. The Balaban J connectivity index is 1.80. The van der Waals surface area contributed by atoms with Crippen LogP contribution in [0.2, 0.25) is 5.02 Å². The van der Waals surface area contributed by atoms with Gasteiger partial charge in [0, 0.05) is 28.4 Å². The fourth-order valence-corrected chi connectivity index (χ4v) is 3.67. The van der Waals surface area contributed by atoms with Gasteiger partial charge in [0.15, 0.2) is 11.5 Å². The molecule has 0 spiro atoms. The van der Waals surface area contributed by atoms with Crippen molar-refractivity contribution in [1.29, 1.82) is 5.26 Å². The summed E-state index contributed by atoms with van der Waals surface area (Å²) in [7, 11) is 1.48. The van der Waals surface area contributed by atoms with E-state index in [9.17, 15) is 20.2 Å². The first-order valence-electron chi connectivity index (χ1n) is 9.73. The van der Waals surface area contributed by atoms with Crippen molar-refractivity contribution >= 4 is 50.9 Å². The molecule has 10 heteroatoms. The van der Waals surface area contributed by atoms with Crippen molar-refractivity contribution in [3.63, 3.8) is 0 Å². The third-order valence-electron chi connectivity index (χ3n) is 4.59. The standard InChI is InChI=1S/C24H17BrClN3O5/c1-33-22-12-15(11-20(25)23(22)34-14-16-4-2-3-5-21(16)26)10-17(13-27)24(30)28-18-6-8-19(9-7-18)29(31)32/h2-12H,14H2,1H3,(H,28,30)/b17-10+. The van der Waals surface area contributed by atoms with E-state index >= 15 is 0 Å². The number of ether oxygens (including phenoxy) is 2. The summed E-state index contributed by atoms with van der Waals surface area (Å²) in [5, 5.41) is 23.4. The number of methoxy groups -OCH3 is 1. The summed E-state index contributed by atoms with van der Waals surface area (Å²) < 4.78 is 11.9. The average molecular weight is 543 g/mol. The summed E-state index contributed by atoms with van der Waals surface area (Å²) in [5.74, 6) is 0.166. The topological polar surface area (TPSA) is 114 Å². The van der Waals surface area contributed by atoms with Crippen molar-refractivity contribution in [1.82, 2.24) is 0 Å². The Labute approximate surface area is 208 Å². The second-order valence-corrected chi connectivity index (χ2v) is 8.10. The molecule has 0 saturated heterocycles. The van der Waals surface area contributed by atoms with Gasteiger partial charge in [0.25, 0.3) is 11.6 Å². The van der Waals surface area contributed by atoms with Crippen molar-refractivity contribution in [2.45, 2.75) is 6.61 Å². The van der Waals surface area contributed by atoms with Crippen molar-refractivity contribution in [2.75, 3.05) is 12.4 Å². The Morgan fingerprint density at radius 3 is 2.56 bits per heavy atom. The van der Waals surface area contributed by atoms with Gasteiger partial charge in [-0.1, -0.05) is 29.8 Å². The molecule has 3 aromatic rings. The highest BCUT2D eigenvalue weighted by Crippen LogP contribution is 2.38. The van der Waals surface area contributed by atoms with Crippen LogP contribution < -0.4 is 14.8 Å². The van der Waals surface area contributed by atoms with Crippen LogP contribution in [0.3, 0.4) is 0 Å². The molecule has 172 valence electrons. The van der Waals surface area contributed by atoms with Crippen molar-refractivity contribution in [3.05, 3.63) is 97.0 Å². The van der Waals surface area contributed by atoms with Crippen LogP contribution in [0.4, 0.5) is 11.4 Å². The molecule has 0 fully saturated rings. The number of nitro benzene ring substituents is 1. The molecule has 0 heterocycles. The highest BCUT2D eigenvalue weighted by Gasteiger charge is 2.15. The Morgan fingerprint density at radius 2 is 1.94 bits per heavy atom. The first-order chi connectivity index (χ1) is 16.3. The molecule has 0 aromatic heterocycles. The maximum atomic E-state index is 12.5. The zero-order valence-electron chi connectivity index (χ0n) is 17.7. The number of hydrogen-bond acceptors (Lipinski definition) is 6. The number of nitriles is 1. The van der Waals surface area contributed by atoms with Gasteiger partial charge in [-0.15, -0.1) is 0 Å². The molecule has 34 heavy (non-hydrogen) atoms. The Bertz CT molecular complexity index is 1300. The number of carbonyl (C=O) groups is 1. The third-order valence-corrected chi connectivity index (χ3v) is 5.55. The van der Waals surface area contributed by atoms with Gasteiger partial charge in [-0.25, -0.2) is 0 Å². The van der Waals surface area contributed by atoms with E-state index in [-0.39, 0.29) is 17.9 Å². The lowest BCUT2D eigenvalue weighted by atomic mass is 10.1. The number of nitrogens with zero attached hydrogens (tertiary/aromatic N) is 2. The maximum Gasteiger partial charge on any atom is 0.269 e. The first-order valence-corrected chi connectivity index (χ1v) is 10.9. The maximum absolute atomic E-state index is 12.5. The number of amides is 1. The van der Waals surface area contributed by atoms with Crippen LogP contribution in [0.5, 0.6) is 11.5 Å². The molecule has 0 unspecified atom stereocenters. The van der Waals surface area contributed by atoms with Crippen LogP contribution in [0.1, 0.15) is 11.1 Å². The molecule has 3 aromatic carbocycles. The summed E-state index contributed by atoms with van der Waals surface area (Å²) in [4.78, 5) is 22.8. The van der Waals surface area contributed by atoms with E-state index in [1.54, 1.807) is 18.2 Å². The van der Waals surface area contributed by atoms with Crippen molar-refractivity contribution in [2.24, 2.45) is 0 Å². The molecular weight excluding hydrogens is 526 g/mol. The molecule has 0 aliphatic heterocycles. The quantitative estimate of drug-likeness (QED) is 0.158. The number of carbonyl (C=O) groups excluding carboxylic acids is 1. The van der Waals surface area contributed by atoms with Gasteiger partial charge < -0.3 is 14.8 Å². The van der Waals surface area contributed by atoms with Crippen LogP contribution >= 0.6 is 27.5 Å². The predicted octanol–water partition coefficient (Wildman–Crippen LogP) is 6.14. The van der Waals surface area contributed by atoms with E-state index in [0.717, 1.165) is 5.56 Å². The Kier molecular flexibility index (Phi) is 8.24. The summed E-state index contributed by atoms with van der Waals surface area (Å²) in [6, 6.07) is 17.8. The first kappa shape index (κ1) is 24.8. The predicted molar refractivity (Wildman–Crippen MR) is 132 cm³/mol. The normalized spacial score (nSPS) is 10.8. The van der Waals surface area contributed by atoms with E-state index in [4.69, 9.17) is 21.1 Å². The number of nitrogens with one attached hydrogen (secondary N) is 1. The van der Waals surface area contributed by atoms with Crippen LogP contribution in [0.15, 0.2) is 70.7 Å². The van der Waals surface area contributed by atoms with Gasteiger partial charge in [-0.3, -0.25) is 14.9 Å². The molecule has 0 radical (unpaired) electrons. The van der Waals surface area contributed by atoms with E-state index in [0.29, 0.717) is 32.2 Å². The van der Waals surface area contributed by atoms with E-state index in [1.807, 2.05) is 24.3 Å². The minimum absolute atomic E-state index is 0.108. The van der Waals surface area contributed by atoms with E-state index in [1.165, 1.54) is 37.5 Å². The molecular formula is C24H17BrClN3O5. The van der Waals surface area contributed by atoms with Gasteiger partial charge in [-0.2, -0.15) is 5.26 Å². The number of halogens is 2. The summed E-state index contributed by atoms with van der Waals surface area (Å²) in [6.07, 6.45) is 1.39. The fourth-order valence-electron chi connectivity index (χ4n) is 2.91. The summed E-state index contributed by atoms with van der Waals surface area (Å²) in [5.41, 5.74) is 1.36. The molecule has 0 aliphatic carbocycles. The van der Waals surface area contributed by atoms with Crippen LogP contribution in [0.25, 0.3) is 6.08 Å². The Morgan fingerprint density at radius 1 is 1.24 bits per heavy atom. The second kappa shape index (κ2) is 11.3. The van der Waals surface area contributed by atoms with Crippen LogP contribution in [0, 0.1) is 21.4 Å². The van der Waals surface area contributed by atoms with Crippen molar-refractivity contribution < 1.29 is 19.2 Å². The van der Waals surface area contributed by atoms with E-state index in [2.05, 4.69) is 21.2 Å². The summed E-state index contributed by atoms with van der Waals surface area (Å²) >= 11 is 9.63. The third kappa shape index (κ3) is 6.13. The second-order valence-electron chi connectivity index (χ2n) is 6.84. The summed E-state index contributed by atoms with van der Waals surface area (Å²) in [6.45, 7) is 0.213. The molecule has 0 bridgehead atoms. The van der Waals surface area contributed by atoms with Crippen LogP contribution in [-0.2, 0) is 11.4 Å². The number of hydrogen-bond donors (Lipinski definition) is 1. The molecule has 3 rings (SSSR count). The number of non-ortho nitro benzene ring substituents is 1. The lowest BCUT2D eigenvalue weighted by molar-refractivity contribution is -0.384. The lowest BCUT2D eigenvalue weighted by Crippen LogP contribution is -2.13. The highest BCUT2D eigenvalue weighted by atomic mass is 79.9. The molecule has 1 amide bonds. The number of nitro groups is 1. The van der Waals surface area contributed by atoms with Gasteiger partial charge >= 0.3 is 0 Å². The minimum Gasteiger partial charge on any atom is -0.493 e. The van der Waals surface area contributed by atoms with Crippen LogP contribution in [-0.4, -0.2) is 17.9 Å². The monoisotopic (exact) mass is 541 g/mol.